The molecule has 1 rings (SSSR count). The van der Waals surface area contributed by atoms with Gasteiger partial charge in [-0.3, -0.25) is 10.1 Å². The van der Waals surface area contributed by atoms with Gasteiger partial charge in [0.25, 0.3) is 0 Å². The van der Waals surface area contributed by atoms with Crippen LogP contribution in [0.5, 0.6) is 0 Å². The molecule has 66 valence electrons. The highest BCUT2D eigenvalue weighted by Crippen LogP contribution is 2.28. The Balaban J connectivity index is 2.73. The fourth-order valence-electron chi connectivity index (χ4n) is 0.724. The lowest BCUT2D eigenvalue weighted by atomic mass is 10.3. The van der Waals surface area contributed by atoms with Gasteiger partial charge in [0.2, 0.25) is 12.6 Å². The lowest BCUT2D eigenvalue weighted by Gasteiger charge is -2.02. The Hall–Kier alpha value is -0.810. The predicted octanol–water partition coefficient (Wildman–Crippen LogP) is 0.878. The van der Waals surface area contributed by atoms with E-state index in [4.69, 9.17) is 23.2 Å². The van der Waals surface area contributed by atoms with E-state index in [0.29, 0.717) is 0 Å². The van der Waals surface area contributed by atoms with E-state index in [9.17, 15) is 14.9 Å². The third-order valence-electron chi connectivity index (χ3n) is 1.24. The molecule has 0 N–H and O–H groups in total. The Morgan fingerprint density at radius 3 is 2.50 bits per heavy atom. The number of carbonyl (C=O) groups excluding carboxylic acids is 1. The highest BCUT2D eigenvalue weighted by Gasteiger charge is 2.35. The number of hydrogen-bond acceptors (Lipinski definition) is 4. The molecule has 1 atom stereocenters. The van der Waals surface area contributed by atoms with Crippen molar-refractivity contribution in [1.29, 1.82) is 0 Å². The quantitative estimate of drug-likeness (QED) is 0.387. The van der Waals surface area contributed by atoms with Gasteiger partial charge in [0.1, 0.15) is 5.03 Å². The minimum atomic E-state index is -1.03. The number of hydrogen-bond donors (Lipinski definition) is 0. The highest BCUT2D eigenvalue weighted by molar-refractivity contribution is 6.48. The minimum Gasteiger partial charge on any atom is -0.445 e. The summed E-state index contributed by atoms with van der Waals surface area (Å²) in [6.07, 6.45) is -1.03. The lowest BCUT2D eigenvalue weighted by molar-refractivity contribution is -0.487. The van der Waals surface area contributed by atoms with Crippen molar-refractivity contribution in [2.45, 2.75) is 6.10 Å². The Morgan fingerprint density at radius 2 is 2.17 bits per heavy atom. The van der Waals surface area contributed by atoms with Gasteiger partial charge >= 0.3 is 5.97 Å². The van der Waals surface area contributed by atoms with Gasteiger partial charge in [-0.05, 0) is 0 Å². The van der Waals surface area contributed by atoms with Gasteiger partial charge < -0.3 is 4.74 Å². The molecule has 0 radical (unpaired) electrons. The molecule has 12 heavy (non-hydrogen) atoms. The molecule has 0 bridgehead atoms. The van der Waals surface area contributed by atoms with E-state index in [1.165, 1.54) is 0 Å². The van der Waals surface area contributed by atoms with E-state index in [0.717, 1.165) is 0 Å². The molecule has 7 heteroatoms. The molecular formula is C5H3Cl2NO4. The first kappa shape index (κ1) is 9.28. The molecule has 0 aromatic heterocycles. The smallest absolute Gasteiger partial charge is 0.351 e. The summed E-state index contributed by atoms with van der Waals surface area (Å²) in [6, 6.07) is 0. The standard InChI is InChI=1S/C5H3Cl2NO4/c6-3-2(1-8(10)11)12-5(9)4(3)7/h2H,1H2. The second-order valence-corrected chi connectivity index (χ2v) is 2.86. The van der Waals surface area contributed by atoms with Crippen LogP contribution in [0.1, 0.15) is 0 Å². The second kappa shape index (κ2) is 3.28. The van der Waals surface area contributed by atoms with E-state index < -0.39 is 23.5 Å². The van der Waals surface area contributed by atoms with E-state index in [1.54, 1.807) is 0 Å². The number of nitro groups is 1. The number of esters is 1. The van der Waals surface area contributed by atoms with Crippen LogP contribution in [0.25, 0.3) is 0 Å². The number of nitrogens with zero attached hydrogens (tertiary/aromatic N) is 1. The number of ether oxygens (including phenoxy) is 1. The maximum absolute atomic E-state index is 10.7. The summed E-state index contributed by atoms with van der Waals surface area (Å²) in [4.78, 5) is 20.0. The van der Waals surface area contributed by atoms with Gasteiger partial charge in [0.05, 0.1) is 5.03 Å². The van der Waals surface area contributed by atoms with Gasteiger partial charge in [-0.15, -0.1) is 0 Å². The first-order valence-electron chi connectivity index (χ1n) is 2.90. The lowest BCUT2D eigenvalue weighted by Crippen LogP contribution is -2.21. The molecule has 0 saturated heterocycles. The van der Waals surface area contributed by atoms with E-state index in [-0.39, 0.29) is 10.1 Å². The van der Waals surface area contributed by atoms with Crippen LogP contribution in [0.15, 0.2) is 10.1 Å². The van der Waals surface area contributed by atoms with Crippen LogP contribution in [0.3, 0.4) is 0 Å². The summed E-state index contributed by atoms with van der Waals surface area (Å²) in [6.45, 7) is -0.555. The van der Waals surface area contributed by atoms with Gasteiger partial charge in [0.15, 0.2) is 0 Å². The van der Waals surface area contributed by atoms with Crippen molar-refractivity contribution in [3.63, 3.8) is 0 Å². The molecule has 0 fully saturated rings. The molecule has 5 nitrogen and oxygen atoms in total. The van der Waals surface area contributed by atoms with Crippen molar-refractivity contribution in [1.82, 2.24) is 0 Å². The fourth-order valence-corrected chi connectivity index (χ4v) is 1.08. The number of carbonyl (C=O) groups is 1. The van der Waals surface area contributed by atoms with Gasteiger partial charge in [-0.2, -0.15) is 0 Å². The molecule has 1 unspecified atom stereocenters. The molecule has 1 heterocycles. The van der Waals surface area contributed by atoms with Crippen molar-refractivity contribution in [2.24, 2.45) is 0 Å². The minimum absolute atomic E-state index is 0.0987. The first-order valence-corrected chi connectivity index (χ1v) is 3.66. The van der Waals surface area contributed by atoms with E-state index >= 15 is 0 Å². The average Bonchev–Trinajstić information content (AvgIpc) is 2.17. The normalized spacial score (nSPS) is 22.8. The monoisotopic (exact) mass is 211 g/mol. The molecule has 0 spiro atoms. The molecule has 0 amide bonds. The van der Waals surface area contributed by atoms with Gasteiger partial charge in [-0.1, -0.05) is 23.2 Å². The molecule has 0 aromatic carbocycles. The molecule has 1 aliphatic rings. The number of cyclic esters (lactones) is 1. The first-order chi connectivity index (χ1) is 5.52. The van der Waals surface area contributed by atoms with Crippen LogP contribution >= 0.6 is 23.2 Å². The van der Waals surface area contributed by atoms with Crippen molar-refractivity contribution in [2.75, 3.05) is 6.54 Å². The third kappa shape index (κ3) is 1.67. The van der Waals surface area contributed by atoms with E-state index in [2.05, 4.69) is 4.74 Å². The summed E-state index contributed by atoms with van der Waals surface area (Å²) >= 11 is 10.8. The van der Waals surface area contributed by atoms with Crippen molar-refractivity contribution in [3.05, 3.63) is 20.2 Å². The van der Waals surface area contributed by atoms with E-state index in [1.807, 2.05) is 0 Å². The van der Waals surface area contributed by atoms with Crippen molar-refractivity contribution >= 4 is 29.2 Å². The third-order valence-corrected chi connectivity index (χ3v) is 2.12. The van der Waals surface area contributed by atoms with Crippen LogP contribution in [0.2, 0.25) is 0 Å². The largest absolute Gasteiger partial charge is 0.445 e. The Morgan fingerprint density at radius 1 is 1.58 bits per heavy atom. The molecular weight excluding hydrogens is 209 g/mol. The van der Waals surface area contributed by atoms with Crippen LogP contribution in [-0.2, 0) is 9.53 Å². The summed E-state index contributed by atoms with van der Waals surface area (Å²) in [7, 11) is 0. The second-order valence-electron chi connectivity index (χ2n) is 2.07. The zero-order valence-corrected chi connectivity index (χ0v) is 7.13. The number of halogens is 2. The highest BCUT2D eigenvalue weighted by atomic mass is 35.5. The van der Waals surface area contributed by atoms with Crippen LogP contribution in [0.4, 0.5) is 0 Å². The molecule has 0 aromatic rings. The molecule has 0 aliphatic carbocycles. The maximum atomic E-state index is 10.7. The van der Waals surface area contributed by atoms with Gasteiger partial charge in [-0.25, -0.2) is 4.79 Å². The fraction of sp³-hybridized carbons (Fsp3) is 0.400. The topological polar surface area (TPSA) is 69.4 Å². The molecule has 1 aliphatic heterocycles. The van der Waals surface area contributed by atoms with Crippen LogP contribution in [0, 0.1) is 10.1 Å². The summed E-state index contributed by atoms with van der Waals surface area (Å²) in [5.74, 6) is -0.812. The summed E-state index contributed by atoms with van der Waals surface area (Å²) in [5, 5.41) is 9.63. The van der Waals surface area contributed by atoms with Gasteiger partial charge in [0, 0.05) is 4.92 Å². The summed E-state index contributed by atoms with van der Waals surface area (Å²) in [5.41, 5.74) is 0. The van der Waals surface area contributed by atoms with Crippen LogP contribution < -0.4 is 0 Å². The predicted molar refractivity (Wildman–Crippen MR) is 40.5 cm³/mol. The van der Waals surface area contributed by atoms with Crippen molar-refractivity contribution < 1.29 is 14.5 Å². The SMILES string of the molecule is O=C1OC(C[N+](=O)[O-])C(Cl)=C1Cl. The summed E-state index contributed by atoms with van der Waals surface area (Å²) < 4.78 is 4.48. The zero-order valence-electron chi connectivity index (χ0n) is 5.62. The average molecular weight is 212 g/mol. The zero-order chi connectivity index (χ0) is 9.30. The van der Waals surface area contributed by atoms with Crippen molar-refractivity contribution in [3.8, 4) is 0 Å². The Kier molecular flexibility index (Phi) is 2.54. The van der Waals surface area contributed by atoms with Crippen LogP contribution in [-0.4, -0.2) is 23.5 Å². The maximum Gasteiger partial charge on any atom is 0.351 e. The molecule has 0 saturated carbocycles. The number of rotatable bonds is 2. The Bertz CT molecular complexity index is 275. The Labute approximate surface area is 77.0 Å².